The van der Waals surface area contributed by atoms with Gasteiger partial charge in [0.25, 0.3) is 11.6 Å². The number of hydrogen-bond donors (Lipinski definition) is 4. The van der Waals surface area contributed by atoms with Crippen LogP contribution in [0.5, 0.6) is 5.88 Å². The zero-order valence-corrected chi connectivity index (χ0v) is 18.9. The Labute approximate surface area is 204 Å². The van der Waals surface area contributed by atoms with E-state index in [2.05, 4.69) is 40.8 Å². The Morgan fingerprint density at radius 3 is 2.33 bits per heavy atom. The summed E-state index contributed by atoms with van der Waals surface area (Å²) in [5.41, 5.74) is 3.24. The Hall–Kier alpha value is -5.39. The number of azo groups is 1. The summed E-state index contributed by atoms with van der Waals surface area (Å²) < 4.78 is 0. The molecule has 5 aromatic rings. The summed E-state index contributed by atoms with van der Waals surface area (Å²) >= 11 is 0. The number of para-hydroxylation sites is 2. The number of nitrogens with zero attached hydrogens (tertiary/aromatic N) is 6. The summed E-state index contributed by atoms with van der Waals surface area (Å²) in [6.45, 7) is 1.94. The number of H-pyrrole nitrogens is 1. The average molecular weight is 481 g/mol. The number of rotatable bonds is 7. The number of non-ortho nitro benzene ring substituents is 1. The molecule has 2 aromatic heterocycles. The van der Waals surface area contributed by atoms with Crippen molar-refractivity contribution in [2.24, 2.45) is 10.2 Å². The number of aromatic hydroxyl groups is 1. The Morgan fingerprint density at radius 1 is 0.889 bits per heavy atom. The third-order valence-corrected chi connectivity index (χ3v) is 5.25. The Kier molecular flexibility index (Phi) is 5.89. The third kappa shape index (κ3) is 4.77. The summed E-state index contributed by atoms with van der Waals surface area (Å²) in [4.78, 5) is 26.3. The molecule has 0 amide bonds. The van der Waals surface area contributed by atoms with Crippen LogP contribution in [0.25, 0.3) is 10.9 Å². The zero-order valence-electron chi connectivity index (χ0n) is 18.9. The second kappa shape index (κ2) is 9.46. The molecule has 0 saturated heterocycles. The highest BCUT2D eigenvalue weighted by Gasteiger charge is 2.12. The first-order chi connectivity index (χ1) is 17.5. The molecule has 36 heavy (non-hydrogen) atoms. The van der Waals surface area contributed by atoms with Crippen molar-refractivity contribution in [3.63, 3.8) is 0 Å². The van der Waals surface area contributed by atoms with Gasteiger partial charge in [-0.05, 0) is 36.8 Å². The van der Waals surface area contributed by atoms with Gasteiger partial charge in [-0.2, -0.15) is 15.0 Å². The zero-order chi connectivity index (χ0) is 25.1. The second-order valence-corrected chi connectivity index (χ2v) is 7.72. The molecular weight excluding hydrogens is 462 g/mol. The van der Waals surface area contributed by atoms with Gasteiger partial charge in [0.2, 0.25) is 17.8 Å². The van der Waals surface area contributed by atoms with Crippen LogP contribution in [0.1, 0.15) is 5.56 Å². The van der Waals surface area contributed by atoms with Gasteiger partial charge in [-0.1, -0.05) is 36.4 Å². The molecule has 12 heteroatoms. The average Bonchev–Trinajstić information content (AvgIpc) is 3.19. The Morgan fingerprint density at radius 2 is 1.58 bits per heavy atom. The molecule has 0 spiro atoms. The summed E-state index contributed by atoms with van der Waals surface area (Å²) in [5, 5.41) is 36.4. The van der Waals surface area contributed by atoms with E-state index in [-0.39, 0.29) is 35.1 Å². The molecule has 0 aliphatic heterocycles. The Bertz CT molecular complexity index is 1600. The summed E-state index contributed by atoms with van der Waals surface area (Å²) in [5.74, 6) is 0.208. The molecule has 0 bridgehead atoms. The van der Waals surface area contributed by atoms with Gasteiger partial charge in [0.1, 0.15) is 0 Å². The number of aromatic amines is 1. The lowest BCUT2D eigenvalue weighted by Gasteiger charge is -2.10. The maximum atomic E-state index is 10.9. The van der Waals surface area contributed by atoms with E-state index < -0.39 is 4.92 Å². The van der Waals surface area contributed by atoms with Gasteiger partial charge >= 0.3 is 0 Å². The Balaban J connectivity index is 1.50. The molecule has 0 aliphatic carbocycles. The largest absolute Gasteiger partial charge is 0.493 e. The van der Waals surface area contributed by atoms with Crippen LogP contribution in [0.4, 0.5) is 40.6 Å². The van der Waals surface area contributed by atoms with Crippen molar-refractivity contribution in [3.8, 4) is 5.88 Å². The van der Waals surface area contributed by atoms with Crippen molar-refractivity contribution < 1.29 is 10.0 Å². The lowest BCUT2D eigenvalue weighted by atomic mass is 10.2. The van der Waals surface area contributed by atoms with E-state index in [1.165, 1.54) is 12.1 Å². The molecule has 0 unspecified atom stereocenters. The van der Waals surface area contributed by atoms with Crippen LogP contribution >= 0.6 is 0 Å². The van der Waals surface area contributed by atoms with Crippen LogP contribution in [0.3, 0.4) is 0 Å². The molecule has 4 N–H and O–H groups in total. The molecule has 0 fully saturated rings. The number of nitrogens with one attached hydrogen (secondary N) is 3. The molecular formula is C24H19N9O3. The number of aryl methyl sites for hydroxylation is 1. The van der Waals surface area contributed by atoms with Crippen molar-refractivity contribution in [1.82, 2.24) is 19.9 Å². The minimum atomic E-state index is -0.477. The standard InChI is InChI=1S/C24H19N9O3/c1-14-6-2-4-8-18(14)27-23-28-22(25-15-10-12-16(13-11-15)33(35)36)29-24(30-23)32-31-20-17-7-3-5-9-19(17)26-21(20)34/h2-13,26,34H,1H3,(H2,25,27,28,29,30). The number of nitro benzene ring substituents is 1. The molecule has 178 valence electrons. The van der Waals surface area contributed by atoms with E-state index in [0.29, 0.717) is 16.6 Å². The van der Waals surface area contributed by atoms with Gasteiger partial charge in [0.05, 0.1) is 10.4 Å². The number of benzene rings is 3. The van der Waals surface area contributed by atoms with Crippen LogP contribution < -0.4 is 10.6 Å². The molecule has 0 aliphatic rings. The maximum absolute atomic E-state index is 10.9. The van der Waals surface area contributed by atoms with E-state index >= 15 is 0 Å². The summed E-state index contributed by atoms with van der Waals surface area (Å²) in [7, 11) is 0. The van der Waals surface area contributed by atoms with E-state index in [0.717, 1.165) is 11.3 Å². The monoisotopic (exact) mass is 481 g/mol. The van der Waals surface area contributed by atoms with Crippen LogP contribution in [0.2, 0.25) is 0 Å². The first-order valence-corrected chi connectivity index (χ1v) is 10.8. The van der Waals surface area contributed by atoms with E-state index in [9.17, 15) is 15.2 Å². The lowest BCUT2D eigenvalue weighted by Crippen LogP contribution is -2.04. The van der Waals surface area contributed by atoms with Gasteiger partial charge < -0.3 is 20.7 Å². The quantitative estimate of drug-likeness (QED) is 0.121. The fourth-order valence-electron chi connectivity index (χ4n) is 3.46. The molecule has 3 aromatic carbocycles. The second-order valence-electron chi connectivity index (χ2n) is 7.72. The SMILES string of the molecule is Cc1ccccc1Nc1nc(N=Nc2c(O)[nH]c3ccccc23)nc(Nc2ccc([N+](=O)[O-])cc2)n1. The number of fused-ring (bicyclic) bond motifs is 1. The summed E-state index contributed by atoms with van der Waals surface area (Å²) in [6, 6.07) is 20.7. The molecule has 2 heterocycles. The van der Waals surface area contributed by atoms with Crippen molar-refractivity contribution in [2.75, 3.05) is 10.6 Å². The number of nitro groups is 1. The van der Waals surface area contributed by atoms with Gasteiger partial charge in [0, 0.05) is 28.9 Å². The minimum absolute atomic E-state index is 0.0184. The van der Waals surface area contributed by atoms with E-state index in [1.54, 1.807) is 18.2 Å². The summed E-state index contributed by atoms with van der Waals surface area (Å²) in [6.07, 6.45) is 0. The van der Waals surface area contributed by atoms with E-state index in [4.69, 9.17) is 0 Å². The fourth-order valence-corrected chi connectivity index (χ4v) is 3.46. The molecule has 12 nitrogen and oxygen atoms in total. The lowest BCUT2D eigenvalue weighted by molar-refractivity contribution is -0.384. The fraction of sp³-hybridized carbons (Fsp3) is 0.0417. The number of aromatic nitrogens is 4. The van der Waals surface area contributed by atoms with Crippen LogP contribution in [-0.4, -0.2) is 30.0 Å². The van der Waals surface area contributed by atoms with Gasteiger partial charge in [-0.25, -0.2) is 0 Å². The smallest absolute Gasteiger partial charge is 0.275 e. The maximum Gasteiger partial charge on any atom is 0.275 e. The van der Waals surface area contributed by atoms with Crippen LogP contribution in [0, 0.1) is 17.0 Å². The minimum Gasteiger partial charge on any atom is -0.493 e. The highest BCUT2D eigenvalue weighted by Crippen LogP contribution is 2.36. The molecule has 0 saturated carbocycles. The first kappa shape index (κ1) is 22.4. The van der Waals surface area contributed by atoms with Crippen LogP contribution in [0.15, 0.2) is 83.0 Å². The predicted molar refractivity (Wildman–Crippen MR) is 135 cm³/mol. The number of anilines is 4. The number of hydrogen-bond acceptors (Lipinski definition) is 10. The normalized spacial score (nSPS) is 11.1. The predicted octanol–water partition coefficient (Wildman–Crippen LogP) is 6.18. The van der Waals surface area contributed by atoms with Gasteiger partial charge in [0.15, 0.2) is 5.69 Å². The van der Waals surface area contributed by atoms with E-state index in [1.807, 2.05) is 49.4 Å². The molecule has 5 rings (SSSR count). The molecule has 0 atom stereocenters. The van der Waals surface area contributed by atoms with Crippen molar-refractivity contribution in [1.29, 1.82) is 0 Å². The van der Waals surface area contributed by atoms with Crippen molar-refractivity contribution in [3.05, 3.63) is 88.5 Å². The van der Waals surface area contributed by atoms with Crippen molar-refractivity contribution in [2.45, 2.75) is 6.92 Å². The van der Waals surface area contributed by atoms with Crippen molar-refractivity contribution >= 4 is 51.5 Å². The molecule has 0 radical (unpaired) electrons. The highest BCUT2D eigenvalue weighted by atomic mass is 16.6. The highest BCUT2D eigenvalue weighted by molar-refractivity contribution is 5.94. The topological polar surface area (TPSA) is 167 Å². The van der Waals surface area contributed by atoms with Gasteiger partial charge in [-0.15, -0.1) is 10.2 Å². The van der Waals surface area contributed by atoms with Gasteiger partial charge in [-0.3, -0.25) is 10.1 Å². The van der Waals surface area contributed by atoms with Crippen LogP contribution in [-0.2, 0) is 0 Å². The first-order valence-electron chi connectivity index (χ1n) is 10.8. The third-order valence-electron chi connectivity index (χ3n) is 5.25.